The molecule has 0 fully saturated rings. The molecule has 4 nitrogen and oxygen atoms in total. The van der Waals surface area contributed by atoms with Crippen LogP contribution in [0.3, 0.4) is 0 Å². The van der Waals surface area contributed by atoms with E-state index in [-0.39, 0.29) is 0 Å². The van der Waals surface area contributed by atoms with Crippen molar-refractivity contribution < 1.29 is 4.42 Å². The van der Waals surface area contributed by atoms with E-state index in [1.54, 1.807) is 0 Å². The summed E-state index contributed by atoms with van der Waals surface area (Å²) in [5.41, 5.74) is 1.92. The predicted molar refractivity (Wildman–Crippen MR) is 93.9 cm³/mol. The third-order valence-electron chi connectivity index (χ3n) is 2.86. The standard InChI is InChI=1S/C15H11BrIN3O/c16-13-4-2-1-3-12(13)15-20-19-14(21-15)9-18-11-7-5-10(17)6-8-11/h1-8,18H,9H2. The van der Waals surface area contributed by atoms with E-state index in [2.05, 4.69) is 54.0 Å². The van der Waals surface area contributed by atoms with Gasteiger partial charge in [0.15, 0.2) is 0 Å². The summed E-state index contributed by atoms with van der Waals surface area (Å²) in [7, 11) is 0. The molecule has 3 aromatic rings. The zero-order valence-corrected chi connectivity index (χ0v) is 14.6. The molecule has 6 heteroatoms. The number of nitrogens with zero attached hydrogens (tertiary/aromatic N) is 2. The van der Waals surface area contributed by atoms with Gasteiger partial charge in [-0.15, -0.1) is 10.2 Å². The Morgan fingerprint density at radius 3 is 2.57 bits per heavy atom. The average Bonchev–Trinajstić information content (AvgIpc) is 2.96. The van der Waals surface area contributed by atoms with Crippen molar-refractivity contribution in [2.24, 2.45) is 0 Å². The van der Waals surface area contributed by atoms with Crippen LogP contribution in [0, 0.1) is 3.57 Å². The lowest BCUT2D eigenvalue weighted by Gasteiger charge is -2.03. The Bertz CT molecular complexity index is 743. The van der Waals surface area contributed by atoms with Crippen LogP contribution in [-0.2, 0) is 6.54 Å². The van der Waals surface area contributed by atoms with E-state index < -0.39 is 0 Å². The lowest BCUT2D eigenvalue weighted by molar-refractivity contribution is 0.515. The van der Waals surface area contributed by atoms with Crippen LogP contribution in [0.5, 0.6) is 0 Å². The van der Waals surface area contributed by atoms with Crippen LogP contribution in [-0.4, -0.2) is 10.2 Å². The van der Waals surface area contributed by atoms with Gasteiger partial charge in [-0.3, -0.25) is 0 Å². The molecule has 1 heterocycles. The molecule has 0 aliphatic heterocycles. The van der Waals surface area contributed by atoms with Crippen molar-refractivity contribution in [3.05, 3.63) is 62.5 Å². The zero-order chi connectivity index (χ0) is 14.7. The minimum Gasteiger partial charge on any atom is -0.419 e. The summed E-state index contributed by atoms with van der Waals surface area (Å²) in [4.78, 5) is 0. The maximum absolute atomic E-state index is 5.68. The summed E-state index contributed by atoms with van der Waals surface area (Å²) < 4.78 is 7.82. The van der Waals surface area contributed by atoms with Crippen LogP contribution < -0.4 is 5.32 Å². The third kappa shape index (κ3) is 3.62. The highest BCUT2D eigenvalue weighted by atomic mass is 127. The first-order chi connectivity index (χ1) is 10.2. The summed E-state index contributed by atoms with van der Waals surface area (Å²) in [6, 6.07) is 15.9. The number of hydrogen-bond donors (Lipinski definition) is 1. The SMILES string of the molecule is Brc1ccccc1-c1nnc(CNc2ccc(I)cc2)o1. The first kappa shape index (κ1) is 14.5. The van der Waals surface area contributed by atoms with E-state index in [9.17, 15) is 0 Å². The number of halogens is 2. The Hall–Kier alpha value is -1.41. The maximum atomic E-state index is 5.68. The number of aromatic nitrogens is 2. The van der Waals surface area contributed by atoms with Crippen molar-refractivity contribution in [1.29, 1.82) is 0 Å². The summed E-state index contributed by atoms with van der Waals surface area (Å²) >= 11 is 5.76. The number of hydrogen-bond acceptors (Lipinski definition) is 4. The fourth-order valence-corrected chi connectivity index (χ4v) is 2.63. The topological polar surface area (TPSA) is 51.0 Å². The molecular formula is C15H11BrIN3O. The van der Waals surface area contributed by atoms with Crippen LogP contribution in [0.25, 0.3) is 11.5 Å². The van der Waals surface area contributed by atoms with Crippen LogP contribution in [0.4, 0.5) is 5.69 Å². The normalized spacial score (nSPS) is 10.6. The van der Waals surface area contributed by atoms with E-state index in [1.165, 1.54) is 3.57 Å². The lowest BCUT2D eigenvalue weighted by atomic mass is 10.2. The van der Waals surface area contributed by atoms with Gasteiger partial charge in [0.2, 0.25) is 11.8 Å². The molecule has 0 unspecified atom stereocenters. The first-order valence-corrected chi connectivity index (χ1v) is 8.16. The third-order valence-corrected chi connectivity index (χ3v) is 4.27. The Morgan fingerprint density at radius 1 is 1.05 bits per heavy atom. The molecular weight excluding hydrogens is 445 g/mol. The van der Waals surface area contributed by atoms with E-state index in [0.29, 0.717) is 18.3 Å². The average molecular weight is 456 g/mol. The highest BCUT2D eigenvalue weighted by molar-refractivity contribution is 14.1. The molecule has 0 saturated carbocycles. The van der Waals surface area contributed by atoms with Crippen molar-refractivity contribution in [3.63, 3.8) is 0 Å². The number of anilines is 1. The molecule has 0 saturated heterocycles. The van der Waals surface area contributed by atoms with Gasteiger partial charge in [-0.2, -0.15) is 0 Å². The molecule has 0 amide bonds. The monoisotopic (exact) mass is 455 g/mol. The maximum Gasteiger partial charge on any atom is 0.248 e. The van der Waals surface area contributed by atoms with Gasteiger partial charge in [0.25, 0.3) is 0 Å². The quantitative estimate of drug-likeness (QED) is 0.578. The van der Waals surface area contributed by atoms with Crippen molar-refractivity contribution >= 4 is 44.2 Å². The molecule has 1 N–H and O–H groups in total. The number of nitrogens with one attached hydrogen (secondary N) is 1. The molecule has 2 aromatic carbocycles. The van der Waals surface area contributed by atoms with Crippen molar-refractivity contribution in [2.75, 3.05) is 5.32 Å². The largest absolute Gasteiger partial charge is 0.419 e. The van der Waals surface area contributed by atoms with E-state index in [4.69, 9.17) is 4.42 Å². The van der Waals surface area contributed by atoms with E-state index in [1.807, 2.05) is 48.5 Å². The molecule has 106 valence electrons. The van der Waals surface area contributed by atoms with E-state index in [0.717, 1.165) is 15.7 Å². The number of benzene rings is 2. The highest BCUT2D eigenvalue weighted by Gasteiger charge is 2.10. The zero-order valence-electron chi connectivity index (χ0n) is 10.9. The molecule has 3 rings (SSSR count). The van der Waals surface area contributed by atoms with Gasteiger partial charge in [-0.1, -0.05) is 12.1 Å². The van der Waals surface area contributed by atoms with Gasteiger partial charge in [-0.25, -0.2) is 0 Å². The van der Waals surface area contributed by atoms with Crippen molar-refractivity contribution in [3.8, 4) is 11.5 Å². The Balaban J connectivity index is 1.71. The Morgan fingerprint density at radius 2 is 1.81 bits per heavy atom. The molecule has 0 aliphatic rings. The molecule has 1 aromatic heterocycles. The Kier molecular flexibility index (Phi) is 4.54. The molecule has 0 atom stereocenters. The van der Waals surface area contributed by atoms with Crippen molar-refractivity contribution in [2.45, 2.75) is 6.54 Å². The summed E-state index contributed by atoms with van der Waals surface area (Å²) in [5.74, 6) is 1.07. The van der Waals surface area contributed by atoms with Gasteiger partial charge in [0.05, 0.1) is 12.1 Å². The first-order valence-electron chi connectivity index (χ1n) is 6.29. The fraction of sp³-hybridized carbons (Fsp3) is 0.0667. The predicted octanol–water partition coefficient (Wildman–Crippen LogP) is 4.72. The molecule has 0 radical (unpaired) electrons. The van der Waals surface area contributed by atoms with Crippen molar-refractivity contribution in [1.82, 2.24) is 10.2 Å². The van der Waals surface area contributed by atoms with E-state index >= 15 is 0 Å². The minimum atomic E-state index is 0.498. The van der Waals surface area contributed by atoms with Gasteiger partial charge in [0.1, 0.15) is 0 Å². The van der Waals surface area contributed by atoms with Gasteiger partial charge < -0.3 is 9.73 Å². The molecule has 0 spiro atoms. The second-order valence-electron chi connectivity index (χ2n) is 4.34. The number of rotatable bonds is 4. The van der Waals surface area contributed by atoms with Gasteiger partial charge in [-0.05, 0) is 74.9 Å². The molecule has 0 aliphatic carbocycles. The van der Waals surface area contributed by atoms with Crippen LogP contribution >= 0.6 is 38.5 Å². The Labute approximate surface area is 144 Å². The van der Waals surface area contributed by atoms with Crippen LogP contribution in [0.1, 0.15) is 5.89 Å². The summed E-state index contributed by atoms with van der Waals surface area (Å²) in [5, 5.41) is 11.4. The summed E-state index contributed by atoms with van der Waals surface area (Å²) in [6.45, 7) is 0.498. The second kappa shape index (κ2) is 6.57. The second-order valence-corrected chi connectivity index (χ2v) is 6.44. The highest BCUT2D eigenvalue weighted by Crippen LogP contribution is 2.26. The van der Waals surface area contributed by atoms with Crippen LogP contribution in [0.2, 0.25) is 0 Å². The smallest absolute Gasteiger partial charge is 0.248 e. The lowest BCUT2D eigenvalue weighted by Crippen LogP contribution is -1.99. The molecule has 0 bridgehead atoms. The summed E-state index contributed by atoms with van der Waals surface area (Å²) in [6.07, 6.45) is 0. The van der Waals surface area contributed by atoms with Gasteiger partial charge >= 0.3 is 0 Å². The fourth-order valence-electron chi connectivity index (χ4n) is 1.81. The molecule has 21 heavy (non-hydrogen) atoms. The van der Waals surface area contributed by atoms with Gasteiger partial charge in [0, 0.05) is 13.7 Å². The minimum absolute atomic E-state index is 0.498. The van der Waals surface area contributed by atoms with Crippen LogP contribution in [0.15, 0.2) is 57.4 Å².